The number of nitrogens with two attached hydrogens (primary N) is 1. The number of hydrogen-bond acceptors (Lipinski definition) is 6. The SMILES string of the molecule is Cc1cnc(NCC2CCC(N)CC2)nc1N(C)C.O=C(O)C(F)(F)F. The molecule has 0 bridgehead atoms. The zero-order chi connectivity index (χ0) is 19.9. The standard InChI is InChI=1S/C14H25N5.C2HF3O2/c1-10-8-16-14(18-13(10)19(2)3)17-9-11-4-6-12(15)7-5-11;3-2(4,5)1(6)7/h8,11-12H,4-7,9,15H2,1-3H3,(H,16,17,18);(H,6,7). The van der Waals surface area contributed by atoms with Crippen LogP contribution >= 0.6 is 0 Å². The van der Waals surface area contributed by atoms with Crippen molar-refractivity contribution in [1.29, 1.82) is 0 Å². The summed E-state index contributed by atoms with van der Waals surface area (Å²) in [6.45, 7) is 2.98. The molecule has 1 fully saturated rings. The first-order valence-electron chi connectivity index (χ1n) is 8.31. The Bertz CT molecular complexity index is 588. The van der Waals surface area contributed by atoms with Crippen LogP contribution in [0.3, 0.4) is 0 Å². The zero-order valence-electron chi connectivity index (χ0n) is 15.2. The fraction of sp³-hybridized carbons (Fsp3) is 0.688. The lowest BCUT2D eigenvalue weighted by molar-refractivity contribution is -0.192. The van der Waals surface area contributed by atoms with E-state index in [-0.39, 0.29) is 0 Å². The van der Waals surface area contributed by atoms with Gasteiger partial charge in [-0.25, -0.2) is 9.78 Å². The van der Waals surface area contributed by atoms with Gasteiger partial charge in [-0.3, -0.25) is 0 Å². The van der Waals surface area contributed by atoms with Gasteiger partial charge in [-0.05, 0) is 38.5 Å². The van der Waals surface area contributed by atoms with E-state index in [1.807, 2.05) is 32.1 Å². The molecule has 1 aliphatic carbocycles. The van der Waals surface area contributed by atoms with Gasteiger partial charge in [0.05, 0.1) is 0 Å². The van der Waals surface area contributed by atoms with Gasteiger partial charge < -0.3 is 21.1 Å². The summed E-state index contributed by atoms with van der Waals surface area (Å²) in [5.74, 6) is -0.354. The lowest BCUT2D eigenvalue weighted by Crippen LogP contribution is -2.29. The van der Waals surface area contributed by atoms with Crippen LogP contribution in [0.2, 0.25) is 0 Å². The van der Waals surface area contributed by atoms with Crippen molar-refractivity contribution in [1.82, 2.24) is 9.97 Å². The van der Waals surface area contributed by atoms with E-state index in [1.54, 1.807) is 0 Å². The molecule has 1 heterocycles. The second-order valence-corrected chi connectivity index (χ2v) is 6.56. The van der Waals surface area contributed by atoms with Crippen LogP contribution in [0.1, 0.15) is 31.2 Å². The minimum absolute atomic E-state index is 0.409. The molecule has 0 saturated heterocycles. The molecule has 1 aromatic rings. The van der Waals surface area contributed by atoms with Crippen molar-refractivity contribution in [2.24, 2.45) is 11.7 Å². The Kier molecular flexibility index (Phi) is 8.07. The second-order valence-electron chi connectivity index (χ2n) is 6.56. The molecule has 1 aromatic heterocycles. The molecule has 0 unspecified atom stereocenters. The maximum atomic E-state index is 10.6. The summed E-state index contributed by atoms with van der Waals surface area (Å²) in [5.41, 5.74) is 7.02. The number of nitrogens with one attached hydrogen (secondary N) is 1. The smallest absolute Gasteiger partial charge is 0.475 e. The number of carboxylic acids is 1. The van der Waals surface area contributed by atoms with E-state index in [2.05, 4.69) is 15.3 Å². The molecule has 1 saturated carbocycles. The zero-order valence-corrected chi connectivity index (χ0v) is 15.2. The van der Waals surface area contributed by atoms with Crippen LogP contribution < -0.4 is 16.0 Å². The van der Waals surface area contributed by atoms with E-state index in [4.69, 9.17) is 15.6 Å². The van der Waals surface area contributed by atoms with E-state index < -0.39 is 12.1 Å². The van der Waals surface area contributed by atoms with Gasteiger partial charge in [-0.1, -0.05) is 0 Å². The summed E-state index contributed by atoms with van der Waals surface area (Å²) in [6, 6.07) is 0.409. The third-order valence-electron chi connectivity index (χ3n) is 4.05. The molecule has 0 aliphatic heterocycles. The Morgan fingerprint density at radius 1 is 1.35 bits per heavy atom. The average molecular weight is 377 g/mol. The number of rotatable bonds is 4. The van der Waals surface area contributed by atoms with E-state index in [0.717, 1.165) is 36.7 Å². The molecule has 26 heavy (non-hydrogen) atoms. The highest BCUT2D eigenvalue weighted by Gasteiger charge is 2.38. The fourth-order valence-electron chi connectivity index (χ4n) is 2.60. The molecule has 148 valence electrons. The highest BCUT2D eigenvalue weighted by atomic mass is 19.4. The average Bonchev–Trinajstić information content (AvgIpc) is 2.55. The van der Waals surface area contributed by atoms with Gasteiger partial charge in [0.15, 0.2) is 0 Å². The molecule has 2 rings (SSSR count). The van der Waals surface area contributed by atoms with Gasteiger partial charge in [0, 0.05) is 38.4 Å². The van der Waals surface area contributed by atoms with Crippen molar-refractivity contribution in [2.45, 2.75) is 44.8 Å². The summed E-state index contributed by atoms with van der Waals surface area (Å²) in [7, 11) is 4.00. The Morgan fingerprint density at radius 3 is 2.35 bits per heavy atom. The number of alkyl halides is 3. The number of carbonyl (C=O) groups is 1. The van der Waals surface area contributed by atoms with Crippen LogP contribution in [-0.4, -0.2) is 53.9 Å². The van der Waals surface area contributed by atoms with Crippen molar-refractivity contribution in [3.63, 3.8) is 0 Å². The lowest BCUT2D eigenvalue weighted by atomic mass is 9.86. The maximum Gasteiger partial charge on any atom is 0.490 e. The largest absolute Gasteiger partial charge is 0.490 e. The van der Waals surface area contributed by atoms with E-state index in [9.17, 15) is 13.2 Å². The molecule has 1 aliphatic rings. The highest BCUT2D eigenvalue weighted by Crippen LogP contribution is 2.23. The molecule has 0 atom stereocenters. The summed E-state index contributed by atoms with van der Waals surface area (Å²) in [6.07, 6.45) is 1.50. The van der Waals surface area contributed by atoms with Crippen LogP contribution in [0, 0.1) is 12.8 Å². The maximum absolute atomic E-state index is 10.6. The third-order valence-corrected chi connectivity index (χ3v) is 4.05. The summed E-state index contributed by atoms with van der Waals surface area (Å²) < 4.78 is 31.7. The first-order valence-corrected chi connectivity index (χ1v) is 8.31. The van der Waals surface area contributed by atoms with Crippen LogP contribution in [0.25, 0.3) is 0 Å². The normalized spacial score (nSPS) is 20.0. The number of carboxylic acid groups (broad SMARTS) is 1. The molecular weight excluding hydrogens is 351 g/mol. The van der Waals surface area contributed by atoms with Gasteiger partial charge in [0.25, 0.3) is 0 Å². The monoisotopic (exact) mass is 377 g/mol. The van der Waals surface area contributed by atoms with Crippen molar-refractivity contribution in [3.05, 3.63) is 11.8 Å². The fourth-order valence-corrected chi connectivity index (χ4v) is 2.60. The molecule has 7 nitrogen and oxygen atoms in total. The van der Waals surface area contributed by atoms with Gasteiger partial charge in [-0.2, -0.15) is 18.2 Å². The highest BCUT2D eigenvalue weighted by molar-refractivity contribution is 5.73. The Hall–Kier alpha value is -2.10. The van der Waals surface area contributed by atoms with Crippen molar-refractivity contribution in [2.75, 3.05) is 30.9 Å². The van der Waals surface area contributed by atoms with Gasteiger partial charge in [-0.15, -0.1) is 0 Å². The van der Waals surface area contributed by atoms with Crippen LogP contribution in [0.4, 0.5) is 24.9 Å². The summed E-state index contributed by atoms with van der Waals surface area (Å²) >= 11 is 0. The van der Waals surface area contributed by atoms with Gasteiger partial charge >= 0.3 is 12.1 Å². The number of halogens is 3. The Morgan fingerprint density at radius 2 is 1.88 bits per heavy atom. The predicted octanol–water partition coefficient (Wildman–Crippen LogP) is 2.41. The quantitative estimate of drug-likeness (QED) is 0.740. The molecular formula is C16H26F3N5O2. The molecule has 10 heteroatoms. The lowest BCUT2D eigenvalue weighted by Gasteiger charge is -2.26. The number of aryl methyl sites for hydroxylation is 1. The van der Waals surface area contributed by atoms with Gasteiger partial charge in [0.2, 0.25) is 5.95 Å². The number of aliphatic carboxylic acids is 1. The topological polar surface area (TPSA) is 104 Å². The predicted molar refractivity (Wildman–Crippen MR) is 93.2 cm³/mol. The number of nitrogens with zero attached hydrogens (tertiary/aromatic N) is 3. The van der Waals surface area contributed by atoms with Crippen LogP contribution in [0.15, 0.2) is 6.20 Å². The molecule has 4 N–H and O–H groups in total. The number of anilines is 2. The first-order chi connectivity index (χ1) is 12.0. The summed E-state index contributed by atoms with van der Waals surface area (Å²) in [4.78, 5) is 19.8. The van der Waals surface area contributed by atoms with E-state index in [1.165, 1.54) is 12.8 Å². The van der Waals surface area contributed by atoms with Gasteiger partial charge in [0.1, 0.15) is 5.82 Å². The second kappa shape index (κ2) is 9.56. The molecule has 0 amide bonds. The Balaban J connectivity index is 0.000000412. The summed E-state index contributed by atoms with van der Waals surface area (Å²) in [5, 5.41) is 10.5. The van der Waals surface area contributed by atoms with Crippen LogP contribution in [0.5, 0.6) is 0 Å². The number of hydrogen-bond donors (Lipinski definition) is 3. The first kappa shape index (κ1) is 21.9. The van der Waals surface area contributed by atoms with Crippen molar-refractivity contribution in [3.8, 4) is 0 Å². The van der Waals surface area contributed by atoms with Crippen molar-refractivity contribution < 1.29 is 23.1 Å². The number of aromatic nitrogens is 2. The third kappa shape index (κ3) is 7.42. The minimum atomic E-state index is -5.08. The minimum Gasteiger partial charge on any atom is -0.475 e. The molecule has 0 aromatic carbocycles. The molecule has 0 spiro atoms. The van der Waals surface area contributed by atoms with E-state index in [0.29, 0.717) is 12.0 Å². The van der Waals surface area contributed by atoms with Crippen LogP contribution in [-0.2, 0) is 4.79 Å². The van der Waals surface area contributed by atoms with Crippen molar-refractivity contribution >= 4 is 17.7 Å². The Labute approximate surface area is 150 Å². The molecule has 0 radical (unpaired) electrons. The van der Waals surface area contributed by atoms with E-state index >= 15 is 0 Å².